The lowest BCUT2D eigenvalue weighted by Crippen LogP contribution is -2.51. The average Bonchev–Trinajstić information content (AvgIpc) is 3.52. The lowest BCUT2D eigenvalue weighted by atomic mass is 9.93. The number of hydrogen-bond donors (Lipinski definition) is 2. The van der Waals surface area contributed by atoms with Crippen LogP contribution in [0.1, 0.15) is 48.9 Å². The molecule has 7 heteroatoms. The van der Waals surface area contributed by atoms with Crippen molar-refractivity contribution in [1.82, 2.24) is 15.2 Å². The molecule has 2 aliphatic heterocycles. The van der Waals surface area contributed by atoms with Gasteiger partial charge in [-0.2, -0.15) is 0 Å². The van der Waals surface area contributed by atoms with Crippen LogP contribution in [0.3, 0.4) is 0 Å². The number of anilines is 1. The summed E-state index contributed by atoms with van der Waals surface area (Å²) in [5.41, 5.74) is 5.99. The van der Waals surface area contributed by atoms with Gasteiger partial charge >= 0.3 is 0 Å². The highest BCUT2D eigenvalue weighted by Crippen LogP contribution is 2.28. The van der Waals surface area contributed by atoms with Crippen LogP contribution in [0.15, 0.2) is 18.3 Å². The Morgan fingerprint density at radius 3 is 2.59 bits per heavy atom. The van der Waals surface area contributed by atoms with Gasteiger partial charge in [-0.15, -0.1) is 0 Å². The Morgan fingerprint density at radius 2 is 1.89 bits per heavy atom. The fourth-order valence-corrected chi connectivity index (χ4v) is 4.38. The SMILES string of the molecule is NC(=O)c1cccnc1N1CCC(N2CCC[C@H](C(=O)NC3CC3)C2)CC1. The number of pyridine rings is 1. The Kier molecular flexibility index (Phi) is 5.29. The van der Waals surface area contributed by atoms with E-state index in [2.05, 4.69) is 20.1 Å². The van der Waals surface area contributed by atoms with Gasteiger partial charge in [0.05, 0.1) is 11.5 Å². The molecule has 3 N–H and O–H groups in total. The number of carbonyl (C=O) groups is 2. The maximum Gasteiger partial charge on any atom is 0.252 e. The third kappa shape index (κ3) is 4.24. The fourth-order valence-electron chi connectivity index (χ4n) is 4.38. The molecule has 0 radical (unpaired) electrons. The number of carbonyl (C=O) groups excluding carboxylic acids is 2. The van der Waals surface area contributed by atoms with Gasteiger partial charge < -0.3 is 16.0 Å². The van der Waals surface area contributed by atoms with E-state index in [1.54, 1.807) is 18.3 Å². The summed E-state index contributed by atoms with van der Waals surface area (Å²) >= 11 is 0. The number of amides is 2. The minimum Gasteiger partial charge on any atom is -0.365 e. The van der Waals surface area contributed by atoms with Crippen LogP contribution in [-0.2, 0) is 4.79 Å². The van der Waals surface area contributed by atoms with E-state index in [-0.39, 0.29) is 11.8 Å². The monoisotopic (exact) mass is 371 g/mol. The molecule has 1 atom stereocenters. The van der Waals surface area contributed by atoms with Crippen molar-refractivity contribution in [1.29, 1.82) is 0 Å². The quantitative estimate of drug-likeness (QED) is 0.810. The van der Waals surface area contributed by atoms with Crippen molar-refractivity contribution < 1.29 is 9.59 Å². The molecule has 7 nitrogen and oxygen atoms in total. The van der Waals surface area contributed by atoms with Crippen molar-refractivity contribution in [3.8, 4) is 0 Å². The minimum atomic E-state index is -0.430. The number of nitrogens with one attached hydrogen (secondary N) is 1. The molecule has 1 aromatic heterocycles. The first-order valence-corrected chi connectivity index (χ1v) is 10.2. The molecule has 27 heavy (non-hydrogen) atoms. The van der Waals surface area contributed by atoms with Crippen LogP contribution in [0.2, 0.25) is 0 Å². The molecule has 1 aliphatic carbocycles. The van der Waals surface area contributed by atoms with Crippen molar-refractivity contribution in [3.63, 3.8) is 0 Å². The number of nitrogens with two attached hydrogens (primary N) is 1. The van der Waals surface area contributed by atoms with Crippen LogP contribution in [0.25, 0.3) is 0 Å². The Hall–Kier alpha value is -2.15. The molecular weight excluding hydrogens is 342 g/mol. The minimum absolute atomic E-state index is 0.134. The van der Waals surface area contributed by atoms with Crippen LogP contribution in [-0.4, -0.2) is 60.0 Å². The number of nitrogens with zero attached hydrogens (tertiary/aromatic N) is 3. The second-order valence-electron chi connectivity index (χ2n) is 8.07. The van der Waals surface area contributed by atoms with E-state index in [0.29, 0.717) is 23.5 Å². The van der Waals surface area contributed by atoms with E-state index in [4.69, 9.17) is 5.73 Å². The fraction of sp³-hybridized carbons (Fsp3) is 0.650. The maximum atomic E-state index is 12.4. The summed E-state index contributed by atoms with van der Waals surface area (Å²) in [4.78, 5) is 33.1. The Morgan fingerprint density at radius 1 is 1.11 bits per heavy atom. The van der Waals surface area contributed by atoms with Crippen molar-refractivity contribution in [2.45, 2.75) is 50.6 Å². The van der Waals surface area contributed by atoms with Crippen LogP contribution in [0.4, 0.5) is 5.82 Å². The zero-order chi connectivity index (χ0) is 18.8. The number of primary amides is 1. The van der Waals surface area contributed by atoms with Crippen molar-refractivity contribution in [2.24, 2.45) is 11.7 Å². The Balaban J connectivity index is 1.33. The molecular formula is C20H29N5O2. The highest BCUT2D eigenvalue weighted by Gasteiger charge is 2.34. The lowest BCUT2D eigenvalue weighted by Gasteiger charge is -2.42. The van der Waals surface area contributed by atoms with E-state index in [1.165, 1.54) is 0 Å². The van der Waals surface area contributed by atoms with E-state index in [1.807, 2.05) is 0 Å². The van der Waals surface area contributed by atoms with Gasteiger partial charge in [0.2, 0.25) is 5.91 Å². The smallest absolute Gasteiger partial charge is 0.252 e. The summed E-state index contributed by atoms with van der Waals surface area (Å²) in [6.45, 7) is 3.67. The lowest BCUT2D eigenvalue weighted by molar-refractivity contribution is -0.127. The first kappa shape index (κ1) is 18.2. The summed E-state index contributed by atoms with van der Waals surface area (Å²) in [7, 11) is 0. The zero-order valence-corrected chi connectivity index (χ0v) is 15.8. The van der Waals surface area contributed by atoms with Crippen molar-refractivity contribution in [3.05, 3.63) is 23.9 Å². The van der Waals surface area contributed by atoms with Crippen molar-refractivity contribution >= 4 is 17.6 Å². The predicted octanol–water partition coefficient (Wildman–Crippen LogP) is 1.14. The highest BCUT2D eigenvalue weighted by atomic mass is 16.2. The largest absolute Gasteiger partial charge is 0.365 e. The van der Waals surface area contributed by atoms with Crippen LogP contribution < -0.4 is 16.0 Å². The van der Waals surface area contributed by atoms with Gasteiger partial charge in [0.25, 0.3) is 5.91 Å². The Bertz CT molecular complexity index is 697. The highest BCUT2D eigenvalue weighted by molar-refractivity contribution is 5.97. The third-order valence-corrected chi connectivity index (χ3v) is 6.08. The van der Waals surface area contributed by atoms with Gasteiger partial charge in [-0.05, 0) is 57.2 Å². The van der Waals surface area contributed by atoms with E-state index in [0.717, 1.165) is 64.7 Å². The van der Waals surface area contributed by atoms with Gasteiger partial charge in [0.15, 0.2) is 0 Å². The van der Waals surface area contributed by atoms with Crippen LogP contribution >= 0.6 is 0 Å². The molecule has 1 aromatic rings. The molecule has 3 fully saturated rings. The molecule has 0 spiro atoms. The number of rotatable bonds is 5. The van der Waals surface area contributed by atoms with Gasteiger partial charge in [0, 0.05) is 37.9 Å². The van der Waals surface area contributed by atoms with Crippen molar-refractivity contribution in [2.75, 3.05) is 31.1 Å². The van der Waals surface area contributed by atoms with Gasteiger partial charge in [-0.1, -0.05) is 0 Å². The van der Waals surface area contributed by atoms with Crippen LogP contribution in [0.5, 0.6) is 0 Å². The molecule has 1 saturated carbocycles. The third-order valence-electron chi connectivity index (χ3n) is 6.08. The molecule has 0 aromatic carbocycles. The topological polar surface area (TPSA) is 91.6 Å². The normalized spacial score (nSPS) is 24.6. The first-order valence-electron chi connectivity index (χ1n) is 10.2. The number of hydrogen-bond acceptors (Lipinski definition) is 5. The molecule has 3 heterocycles. The molecule has 3 aliphatic rings. The number of aromatic nitrogens is 1. The Labute approximate surface area is 160 Å². The second-order valence-corrected chi connectivity index (χ2v) is 8.07. The van der Waals surface area contributed by atoms with Gasteiger partial charge in [-0.25, -0.2) is 4.98 Å². The zero-order valence-electron chi connectivity index (χ0n) is 15.8. The molecule has 0 bridgehead atoms. The number of likely N-dealkylation sites (tertiary alicyclic amines) is 1. The summed E-state index contributed by atoms with van der Waals surface area (Å²) in [6.07, 6.45) is 8.13. The second kappa shape index (κ2) is 7.84. The van der Waals surface area contributed by atoms with Crippen LogP contribution in [0, 0.1) is 5.92 Å². The maximum absolute atomic E-state index is 12.4. The summed E-state index contributed by atoms with van der Waals surface area (Å²) in [6, 6.07) is 4.42. The first-order chi connectivity index (χ1) is 13.1. The van der Waals surface area contributed by atoms with Gasteiger partial charge in [0.1, 0.15) is 5.82 Å². The molecule has 2 amide bonds. The molecule has 146 valence electrons. The predicted molar refractivity (Wildman–Crippen MR) is 103 cm³/mol. The summed E-state index contributed by atoms with van der Waals surface area (Å²) in [5, 5.41) is 3.17. The van der Waals surface area contributed by atoms with E-state index >= 15 is 0 Å². The standard InChI is InChI=1S/C20H29N5O2/c21-18(26)17-4-1-9-22-19(17)24-11-7-16(8-12-24)25-10-2-3-14(13-25)20(27)23-15-5-6-15/h1,4,9,14-16H,2-3,5-8,10-13H2,(H2,21,26)(H,23,27)/t14-/m0/s1. The summed E-state index contributed by atoms with van der Waals surface area (Å²) < 4.78 is 0. The summed E-state index contributed by atoms with van der Waals surface area (Å²) in [5.74, 6) is 0.651. The molecule has 2 saturated heterocycles. The average molecular weight is 371 g/mol. The molecule has 4 rings (SSSR count). The molecule has 0 unspecified atom stereocenters. The van der Waals surface area contributed by atoms with Gasteiger partial charge in [-0.3, -0.25) is 14.5 Å². The van der Waals surface area contributed by atoms with E-state index < -0.39 is 5.91 Å². The van der Waals surface area contributed by atoms with E-state index in [9.17, 15) is 9.59 Å². The number of piperidine rings is 2.